The molecule has 1 heterocycles. The summed E-state index contributed by atoms with van der Waals surface area (Å²) in [6.45, 7) is 6.55. The predicted octanol–water partition coefficient (Wildman–Crippen LogP) is 3.29. The Balaban J connectivity index is 1.81. The third kappa shape index (κ3) is 2.79. The molecule has 1 aromatic rings. The van der Waals surface area contributed by atoms with E-state index in [4.69, 9.17) is 0 Å². The summed E-state index contributed by atoms with van der Waals surface area (Å²) in [5.41, 5.74) is 1.21. The lowest BCUT2D eigenvalue weighted by Crippen LogP contribution is -2.22. The second-order valence-corrected chi connectivity index (χ2v) is 5.63. The summed E-state index contributed by atoms with van der Waals surface area (Å²) in [5, 5.41) is 7.00. The van der Waals surface area contributed by atoms with E-state index in [-0.39, 0.29) is 0 Å². The van der Waals surface area contributed by atoms with Crippen LogP contribution < -0.4 is 5.32 Å². The molecule has 0 aliphatic heterocycles. The van der Waals surface area contributed by atoms with Crippen LogP contribution in [-0.2, 0) is 0 Å². The summed E-state index contributed by atoms with van der Waals surface area (Å²) < 4.78 is 0. The molecule has 2 nitrogen and oxygen atoms in total. The Morgan fingerprint density at radius 2 is 2.47 bits per heavy atom. The van der Waals surface area contributed by atoms with Gasteiger partial charge in [-0.15, -0.1) is 11.3 Å². The van der Waals surface area contributed by atoms with Gasteiger partial charge in [-0.25, -0.2) is 4.98 Å². The van der Waals surface area contributed by atoms with Crippen molar-refractivity contribution in [1.82, 2.24) is 10.3 Å². The zero-order valence-electron chi connectivity index (χ0n) is 9.79. The molecule has 2 rings (SSSR count). The average molecular weight is 224 g/mol. The highest BCUT2D eigenvalue weighted by atomic mass is 32.1. The van der Waals surface area contributed by atoms with Gasteiger partial charge in [-0.2, -0.15) is 0 Å². The van der Waals surface area contributed by atoms with Crippen molar-refractivity contribution in [2.75, 3.05) is 0 Å². The monoisotopic (exact) mass is 224 g/mol. The molecule has 1 fully saturated rings. The van der Waals surface area contributed by atoms with Crippen molar-refractivity contribution in [1.29, 1.82) is 0 Å². The number of rotatable bonds is 5. The Kier molecular flexibility index (Phi) is 3.42. The van der Waals surface area contributed by atoms with Gasteiger partial charge in [-0.1, -0.05) is 13.3 Å². The van der Waals surface area contributed by atoms with E-state index in [2.05, 4.69) is 36.5 Å². The highest BCUT2D eigenvalue weighted by Crippen LogP contribution is 2.36. The van der Waals surface area contributed by atoms with Gasteiger partial charge >= 0.3 is 0 Å². The van der Waals surface area contributed by atoms with Crippen LogP contribution in [0.25, 0.3) is 0 Å². The summed E-state index contributed by atoms with van der Waals surface area (Å²) in [5.74, 6) is 0.928. The molecule has 0 aromatic carbocycles. The fraction of sp³-hybridized carbons (Fsp3) is 0.750. The lowest BCUT2D eigenvalue weighted by molar-refractivity contribution is 0.522. The maximum absolute atomic E-state index is 4.52. The highest BCUT2D eigenvalue weighted by molar-refractivity contribution is 7.09. The third-order valence-electron chi connectivity index (χ3n) is 3.13. The minimum atomic E-state index is 0.418. The van der Waals surface area contributed by atoms with Crippen LogP contribution in [0.4, 0.5) is 0 Å². The predicted molar refractivity (Wildman–Crippen MR) is 65.2 cm³/mol. The first-order chi connectivity index (χ1) is 7.20. The molecule has 15 heavy (non-hydrogen) atoms. The zero-order valence-corrected chi connectivity index (χ0v) is 10.6. The van der Waals surface area contributed by atoms with E-state index in [0.29, 0.717) is 6.04 Å². The second kappa shape index (κ2) is 4.62. The van der Waals surface area contributed by atoms with E-state index in [1.165, 1.54) is 30.0 Å². The Bertz CT molecular complexity index is 321. The van der Waals surface area contributed by atoms with Crippen LogP contribution >= 0.6 is 11.3 Å². The van der Waals surface area contributed by atoms with Crippen LogP contribution in [0.3, 0.4) is 0 Å². The summed E-state index contributed by atoms with van der Waals surface area (Å²) in [6, 6.07) is 1.17. The van der Waals surface area contributed by atoms with E-state index in [1.54, 1.807) is 11.3 Å². The number of nitrogens with zero attached hydrogens (tertiary/aromatic N) is 1. The third-order valence-corrected chi connectivity index (χ3v) is 3.92. The minimum absolute atomic E-state index is 0.418. The first kappa shape index (κ1) is 11.1. The van der Waals surface area contributed by atoms with Crippen molar-refractivity contribution in [2.24, 2.45) is 5.92 Å². The molecule has 1 aliphatic rings. The quantitative estimate of drug-likeness (QED) is 0.830. The van der Waals surface area contributed by atoms with Crippen LogP contribution in [0.1, 0.15) is 49.9 Å². The van der Waals surface area contributed by atoms with E-state index >= 15 is 0 Å². The van der Waals surface area contributed by atoms with Crippen LogP contribution in [0, 0.1) is 12.8 Å². The van der Waals surface area contributed by atoms with Crippen molar-refractivity contribution in [3.8, 4) is 0 Å². The molecule has 0 saturated heterocycles. The maximum atomic E-state index is 4.52. The fourth-order valence-electron chi connectivity index (χ4n) is 2.13. The molecule has 1 aliphatic carbocycles. The van der Waals surface area contributed by atoms with Gasteiger partial charge in [-0.3, -0.25) is 0 Å². The lowest BCUT2D eigenvalue weighted by atomic mass is 10.2. The zero-order chi connectivity index (χ0) is 10.8. The Labute approximate surface area is 96.1 Å². The lowest BCUT2D eigenvalue weighted by Gasteiger charge is -2.10. The summed E-state index contributed by atoms with van der Waals surface area (Å²) >= 11 is 1.74. The molecular weight excluding hydrogens is 204 g/mol. The number of aryl methyl sites for hydroxylation is 1. The van der Waals surface area contributed by atoms with Crippen molar-refractivity contribution in [3.05, 3.63) is 16.1 Å². The molecule has 1 N–H and O–H groups in total. The summed E-state index contributed by atoms with van der Waals surface area (Å²) in [6.07, 6.45) is 4.05. The van der Waals surface area contributed by atoms with Crippen LogP contribution in [0.2, 0.25) is 0 Å². The van der Waals surface area contributed by atoms with Gasteiger partial charge < -0.3 is 5.32 Å². The molecule has 3 atom stereocenters. The smallest absolute Gasteiger partial charge is 0.0898 e. The van der Waals surface area contributed by atoms with Crippen LogP contribution in [0.5, 0.6) is 0 Å². The fourth-order valence-corrected chi connectivity index (χ4v) is 2.83. The van der Waals surface area contributed by atoms with Gasteiger partial charge in [0.1, 0.15) is 0 Å². The Morgan fingerprint density at radius 3 is 3.07 bits per heavy atom. The number of nitrogens with one attached hydrogen (secondary N) is 1. The van der Waals surface area contributed by atoms with Crippen molar-refractivity contribution in [3.63, 3.8) is 0 Å². The largest absolute Gasteiger partial charge is 0.306 e. The molecule has 84 valence electrons. The van der Waals surface area contributed by atoms with Gasteiger partial charge in [0.25, 0.3) is 0 Å². The Morgan fingerprint density at radius 1 is 1.67 bits per heavy atom. The van der Waals surface area contributed by atoms with E-state index < -0.39 is 0 Å². The second-order valence-electron chi connectivity index (χ2n) is 4.57. The topological polar surface area (TPSA) is 24.9 Å². The molecule has 0 amide bonds. The normalized spacial score (nSPS) is 26.6. The molecule has 3 heteroatoms. The number of hydrogen-bond donors (Lipinski definition) is 1. The van der Waals surface area contributed by atoms with Crippen molar-refractivity contribution in [2.45, 2.75) is 52.1 Å². The summed E-state index contributed by atoms with van der Waals surface area (Å²) in [4.78, 5) is 4.52. The Hall–Kier alpha value is -0.410. The standard InChI is InChI=1S/C12H20N2S/c1-4-5-10-6-11(10)13-8(2)12-7-15-9(3)14-12/h7-8,10-11,13H,4-6H2,1-3H3. The number of hydrogen-bond acceptors (Lipinski definition) is 3. The van der Waals surface area contributed by atoms with E-state index in [9.17, 15) is 0 Å². The first-order valence-corrected chi connectivity index (χ1v) is 6.76. The molecule has 1 saturated carbocycles. The highest BCUT2D eigenvalue weighted by Gasteiger charge is 2.36. The van der Waals surface area contributed by atoms with Crippen molar-refractivity contribution < 1.29 is 0 Å². The van der Waals surface area contributed by atoms with Gasteiger partial charge in [0, 0.05) is 17.5 Å². The molecule has 1 aromatic heterocycles. The van der Waals surface area contributed by atoms with E-state index in [0.717, 1.165) is 12.0 Å². The molecule has 0 bridgehead atoms. The summed E-state index contributed by atoms with van der Waals surface area (Å²) in [7, 11) is 0. The van der Waals surface area contributed by atoms with Crippen LogP contribution in [0.15, 0.2) is 5.38 Å². The molecule has 0 spiro atoms. The van der Waals surface area contributed by atoms with Crippen LogP contribution in [-0.4, -0.2) is 11.0 Å². The molecule has 0 radical (unpaired) electrons. The van der Waals surface area contributed by atoms with E-state index in [1.807, 2.05) is 0 Å². The van der Waals surface area contributed by atoms with Crippen molar-refractivity contribution >= 4 is 11.3 Å². The average Bonchev–Trinajstić information content (AvgIpc) is 2.76. The molecular formula is C12H20N2S. The SMILES string of the molecule is CCCC1CC1NC(C)c1csc(C)n1. The maximum Gasteiger partial charge on any atom is 0.0898 e. The van der Waals surface area contributed by atoms with Gasteiger partial charge in [0.2, 0.25) is 0 Å². The van der Waals surface area contributed by atoms with Gasteiger partial charge in [0.05, 0.1) is 10.7 Å². The first-order valence-electron chi connectivity index (χ1n) is 5.88. The van der Waals surface area contributed by atoms with Gasteiger partial charge in [-0.05, 0) is 32.6 Å². The molecule has 3 unspecified atom stereocenters. The number of aromatic nitrogens is 1. The number of thiazole rings is 1. The minimum Gasteiger partial charge on any atom is -0.306 e. The van der Waals surface area contributed by atoms with Gasteiger partial charge in [0.15, 0.2) is 0 Å².